The molecule has 2 aromatic carbocycles. The van der Waals surface area contributed by atoms with Crippen molar-refractivity contribution >= 4 is 17.9 Å². The minimum Gasteiger partial charge on any atom is -0.497 e. The summed E-state index contributed by atoms with van der Waals surface area (Å²) in [6.45, 7) is 1.25. The Morgan fingerprint density at radius 3 is 2.65 bits per heavy atom. The Bertz CT molecular complexity index is 719. The van der Waals surface area contributed by atoms with Crippen LogP contribution >= 0.6 is 0 Å². The number of hydrogen-bond acceptors (Lipinski definition) is 5. The minimum atomic E-state index is -0.222. The van der Waals surface area contributed by atoms with Gasteiger partial charge in [-0.05, 0) is 36.8 Å². The van der Waals surface area contributed by atoms with Gasteiger partial charge in [0, 0.05) is 25.8 Å². The zero-order chi connectivity index (χ0) is 18.8. The lowest BCUT2D eigenvalue weighted by atomic mass is 10.2. The number of methoxy groups -OCH3 is 1. The van der Waals surface area contributed by atoms with Crippen LogP contribution in [0, 0.1) is 0 Å². The van der Waals surface area contributed by atoms with Crippen LogP contribution in [0.25, 0.3) is 0 Å². The predicted octanol–water partition coefficient (Wildman–Crippen LogP) is 2.53. The smallest absolute Gasteiger partial charge is 0.257 e. The molecule has 138 valence electrons. The third kappa shape index (κ3) is 5.81. The van der Waals surface area contributed by atoms with Crippen molar-refractivity contribution < 1.29 is 19.1 Å². The van der Waals surface area contributed by atoms with E-state index in [0.29, 0.717) is 29.9 Å². The molecule has 6 heteroatoms. The molecule has 0 fully saturated rings. The number of carbonyl (C=O) groups excluding carboxylic acids is 2. The SMILES string of the molecule is COc1ccc(OCC(=O)NCCCN(C)c2ccccc2)c(C=O)c1. The third-order valence-electron chi connectivity index (χ3n) is 3.89. The van der Waals surface area contributed by atoms with Crippen LogP contribution in [0.1, 0.15) is 16.8 Å². The number of aldehydes is 1. The lowest BCUT2D eigenvalue weighted by Crippen LogP contribution is -2.31. The molecule has 0 radical (unpaired) electrons. The molecule has 0 heterocycles. The van der Waals surface area contributed by atoms with Crippen LogP contribution in [-0.4, -0.2) is 46.0 Å². The molecule has 0 saturated carbocycles. The van der Waals surface area contributed by atoms with Crippen molar-refractivity contribution in [2.24, 2.45) is 0 Å². The number of nitrogens with one attached hydrogen (secondary N) is 1. The highest BCUT2D eigenvalue weighted by atomic mass is 16.5. The van der Waals surface area contributed by atoms with E-state index in [1.54, 1.807) is 18.2 Å². The zero-order valence-electron chi connectivity index (χ0n) is 15.1. The Morgan fingerprint density at radius 1 is 1.19 bits per heavy atom. The van der Waals surface area contributed by atoms with Gasteiger partial charge in [0.05, 0.1) is 12.7 Å². The highest BCUT2D eigenvalue weighted by Gasteiger charge is 2.08. The summed E-state index contributed by atoms with van der Waals surface area (Å²) in [7, 11) is 3.54. The fourth-order valence-electron chi connectivity index (χ4n) is 2.43. The van der Waals surface area contributed by atoms with Crippen molar-refractivity contribution in [2.45, 2.75) is 6.42 Å². The second-order valence-corrected chi connectivity index (χ2v) is 5.77. The van der Waals surface area contributed by atoms with Crippen LogP contribution in [0.5, 0.6) is 11.5 Å². The molecule has 1 amide bonds. The lowest BCUT2D eigenvalue weighted by Gasteiger charge is -2.19. The first-order valence-corrected chi connectivity index (χ1v) is 8.43. The van der Waals surface area contributed by atoms with Crippen LogP contribution in [-0.2, 0) is 4.79 Å². The average molecular weight is 356 g/mol. The number of rotatable bonds is 10. The van der Waals surface area contributed by atoms with Gasteiger partial charge < -0.3 is 19.7 Å². The molecular weight excluding hydrogens is 332 g/mol. The topological polar surface area (TPSA) is 67.9 Å². The molecule has 0 atom stereocenters. The monoisotopic (exact) mass is 356 g/mol. The van der Waals surface area contributed by atoms with Crippen molar-refractivity contribution in [1.29, 1.82) is 0 Å². The highest BCUT2D eigenvalue weighted by Crippen LogP contribution is 2.22. The standard InChI is InChI=1S/C20H24N2O4/c1-22(17-7-4-3-5-8-17)12-6-11-21-20(24)15-26-19-10-9-18(25-2)13-16(19)14-23/h3-5,7-10,13-14H,6,11-12,15H2,1-2H3,(H,21,24). The Morgan fingerprint density at radius 2 is 1.96 bits per heavy atom. The van der Waals surface area contributed by atoms with E-state index in [0.717, 1.165) is 18.7 Å². The van der Waals surface area contributed by atoms with Crippen LogP contribution < -0.4 is 19.7 Å². The normalized spacial score (nSPS) is 10.1. The number of carbonyl (C=O) groups is 2. The van der Waals surface area contributed by atoms with Crippen molar-refractivity contribution in [2.75, 3.05) is 38.8 Å². The summed E-state index contributed by atoms with van der Waals surface area (Å²) in [5, 5.41) is 2.82. The van der Waals surface area contributed by atoms with Gasteiger partial charge >= 0.3 is 0 Å². The molecule has 0 aliphatic carbocycles. The summed E-state index contributed by atoms with van der Waals surface area (Å²) in [5.41, 5.74) is 1.49. The summed E-state index contributed by atoms with van der Waals surface area (Å²) in [5.74, 6) is 0.700. The van der Waals surface area contributed by atoms with Gasteiger partial charge in [-0.15, -0.1) is 0 Å². The van der Waals surface area contributed by atoms with E-state index in [9.17, 15) is 9.59 Å². The molecule has 0 aliphatic heterocycles. The van der Waals surface area contributed by atoms with Crippen LogP contribution in [0.3, 0.4) is 0 Å². The Balaban J connectivity index is 1.70. The van der Waals surface area contributed by atoms with Crippen LogP contribution in [0.4, 0.5) is 5.69 Å². The summed E-state index contributed by atoms with van der Waals surface area (Å²) in [6, 6.07) is 14.9. The van der Waals surface area contributed by atoms with Gasteiger partial charge in [0.1, 0.15) is 11.5 Å². The molecule has 0 spiro atoms. The third-order valence-corrected chi connectivity index (χ3v) is 3.89. The number of para-hydroxylation sites is 1. The number of nitrogens with zero attached hydrogens (tertiary/aromatic N) is 1. The summed E-state index contributed by atoms with van der Waals surface area (Å²) < 4.78 is 10.5. The fraction of sp³-hybridized carbons (Fsp3) is 0.300. The predicted molar refractivity (Wildman–Crippen MR) is 101 cm³/mol. The molecule has 0 aliphatic rings. The van der Waals surface area contributed by atoms with Gasteiger partial charge in [-0.25, -0.2) is 0 Å². The summed E-state index contributed by atoms with van der Waals surface area (Å²) >= 11 is 0. The summed E-state index contributed by atoms with van der Waals surface area (Å²) in [4.78, 5) is 25.1. The van der Waals surface area contributed by atoms with E-state index in [-0.39, 0.29) is 12.5 Å². The van der Waals surface area contributed by atoms with E-state index in [1.807, 2.05) is 37.4 Å². The van der Waals surface area contributed by atoms with Crippen LogP contribution in [0.2, 0.25) is 0 Å². The second-order valence-electron chi connectivity index (χ2n) is 5.77. The maximum atomic E-state index is 11.9. The quantitative estimate of drug-likeness (QED) is 0.523. The maximum absolute atomic E-state index is 11.9. The molecule has 26 heavy (non-hydrogen) atoms. The molecule has 0 aromatic heterocycles. The zero-order valence-corrected chi connectivity index (χ0v) is 15.1. The maximum Gasteiger partial charge on any atom is 0.257 e. The van der Waals surface area contributed by atoms with E-state index >= 15 is 0 Å². The average Bonchev–Trinajstić information content (AvgIpc) is 2.69. The van der Waals surface area contributed by atoms with Gasteiger partial charge in [-0.3, -0.25) is 9.59 Å². The number of hydrogen-bond donors (Lipinski definition) is 1. The van der Waals surface area contributed by atoms with E-state index in [2.05, 4.69) is 10.2 Å². The first kappa shape index (κ1) is 19.3. The Kier molecular flexibility index (Phi) is 7.49. The number of benzene rings is 2. The van der Waals surface area contributed by atoms with Gasteiger partial charge in [0.2, 0.25) is 0 Å². The van der Waals surface area contributed by atoms with Crippen molar-refractivity contribution in [1.82, 2.24) is 5.32 Å². The minimum absolute atomic E-state index is 0.137. The van der Waals surface area contributed by atoms with Gasteiger partial charge in [-0.1, -0.05) is 18.2 Å². The number of amides is 1. The Hall–Kier alpha value is -3.02. The van der Waals surface area contributed by atoms with Crippen LogP contribution in [0.15, 0.2) is 48.5 Å². The molecule has 0 unspecified atom stereocenters. The van der Waals surface area contributed by atoms with Gasteiger partial charge in [0.15, 0.2) is 12.9 Å². The molecule has 0 saturated heterocycles. The van der Waals surface area contributed by atoms with E-state index in [4.69, 9.17) is 9.47 Å². The summed E-state index contributed by atoms with van der Waals surface area (Å²) in [6.07, 6.45) is 1.49. The second kappa shape index (κ2) is 10.1. The Labute approximate surface area is 153 Å². The van der Waals surface area contributed by atoms with Crippen molar-refractivity contribution in [3.63, 3.8) is 0 Å². The molecule has 2 aromatic rings. The van der Waals surface area contributed by atoms with Crippen molar-refractivity contribution in [3.8, 4) is 11.5 Å². The van der Waals surface area contributed by atoms with Crippen molar-refractivity contribution in [3.05, 3.63) is 54.1 Å². The molecule has 6 nitrogen and oxygen atoms in total. The van der Waals surface area contributed by atoms with E-state index in [1.165, 1.54) is 7.11 Å². The van der Waals surface area contributed by atoms with Gasteiger partial charge in [0.25, 0.3) is 5.91 Å². The molecule has 2 rings (SSSR count). The molecule has 1 N–H and O–H groups in total. The highest BCUT2D eigenvalue weighted by molar-refractivity contribution is 5.81. The molecule has 0 bridgehead atoms. The first-order chi connectivity index (χ1) is 12.6. The largest absolute Gasteiger partial charge is 0.497 e. The molecular formula is C20H24N2O4. The van der Waals surface area contributed by atoms with Gasteiger partial charge in [-0.2, -0.15) is 0 Å². The number of ether oxygens (including phenoxy) is 2. The lowest BCUT2D eigenvalue weighted by molar-refractivity contribution is -0.123. The van der Waals surface area contributed by atoms with E-state index < -0.39 is 0 Å². The fourth-order valence-corrected chi connectivity index (χ4v) is 2.43. The number of anilines is 1. The first-order valence-electron chi connectivity index (χ1n) is 8.43.